The molecular weight excluding hydrogens is 605 g/mol. The summed E-state index contributed by atoms with van der Waals surface area (Å²) in [6.45, 7) is 4.45. The van der Waals surface area contributed by atoms with E-state index in [1.807, 2.05) is 47.0 Å². The van der Waals surface area contributed by atoms with Crippen LogP contribution < -0.4 is 8.38 Å². The highest BCUT2D eigenvalue weighted by atomic mass is 32.3. The Morgan fingerprint density at radius 3 is 1.74 bits per heavy atom. The molecule has 0 fully saturated rings. The molecule has 4 nitrogen and oxygen atoms in total. The lowest BCUT2D eigenvalue weighted by Crippen LogP contribution is -2.08. The van der Waals surface area contributed by atoms with Gasteiger partial charge in [-0.3, -0.25) is 0 Å². The zero-order valence-corrected chi connectivity index (χ0v) is 26.4. The van der Waals surface area contributed by atoms with Crippen LogP contribution in [0.5, 0.6) is 0 Å². The van der Waals surface area contributed by atoms with Crippen molar-refractivity contribution in [2.24, 2.45) is 0 Å². The van der Waals surface area contributed by atoms with E-state index in [2.05, 4.69) is 13.8 Å². The summed E-state index contributed by atoms with van der Waals surface area (Å²) in [5, 5.41) is 0. The van der Waals surface area contributed by atoms with Gasteiger partial charge in [0, 0.05) is 0 Å². The predicted molar refractivity (Wildman–Crippen MR) is 162 cm³/mol. The second kappa shape index (κ2) is 14.5. The molecule has 3 rings (SSSR count). The van der Waals surface area contributed by atoms with E-state index in [0.717, 1.165) is 27.9 Å². The van der Waals surface area contributed by atoms with Gasteiger partial charge in [0.25, 0.3) is 0 Å². The molecule has 2 aliphatic rings. The van der Waals surface area contributed by atoms with E-state index in [0.29, 0.717) is 0 Å². The maximum atomic E-state index is 12.2. The van der Waals surface area contributed by atoms with Gasteiger partial charge in [-0.2, -0.15) is 0 Å². The first kappa shape index (κ1) is 29.1. The van der Waals surface area contributed by atoms with Gasteiger partial charge in [0.1, 0.15) is 17.5 Å². The van der Waals surface area contributed by atoms with Crippen molar-refractivity contribution in [3.63, 3.8) is 0 Å². The molecule has 34 heavy (non-hydrogen) atoms. The first-order valence-corrected chi connectivity index (χ1v) is 17.7. The summed E-state index contributed by atoms with van der Waals surface area (Å²) in [5.74, 6) is 1.20. The van der Waals surface area contributed by atoms with Crippen LogP contribution in [-0.2, 0) is 19.1 Å². The molecule has 0 N–H and O–H groups in total. The fourth-order valence-electron chi connectivity index (χ4n) is 2.49. The lowest BCUT2D eigenvalue weighted by Gasteiger charge is -2.03. The smallest absolute Gasteiger partial charge is 0.346 e. The van der Waals surface area contributed by atoms with Gasteiger partial charge in [-0.25, -0.2) is 9.59 Å². The Morgan fingerprint density at radius 1 is 0.794 bits per heavy atom. The van der Waals surface area contributed by atoms with Crippen LogP contribution in [0.25, 0.3) is 8.47 Å². The van der Waals surface area contributed by atoms with Crippen LogP contribution in [0.15, 0.2) is 18.3 Å². The number of unbranched alkanes of at least 4 members (excludes halogenated alkanes) is 2. The highest BCUT2D eigenvalue weighted by Gasteiger charge is 2.33. The summed E-state index contributed by atoms with van der Waals surface area (Å²) in [5.41, 5.74) is 0. The third kappa shape index (κ3) is 7.31. The Labute approximate surface area is 238 Å². The van der Waals surface area contributed by atoms with Crippen molar-refractivity contribution in [3.8, 4) is 0 Å². The van der Waals surface area contributed by atoms with Crippen molar-refractivity contribution in [2.75, 3.05) is 25.7 Å². The molecule has 0 saturated carbocycles. The van der Waals surface area contributed by atoms with Crippen molar-refractivity contribution < 1.29 is 19.1 Å². The Kier molecular flexibility index (Phi) is 12.4. The minimum Gasteiger partial charge on any atom is -0.465 e. The van der Waals surface area contributed by atoms with Gasteiger partial charge in [0.15, 0.2) is 0 Å². The third-order valence-electron chi connectivity index (χ3n) is 4.25. The fraction of sp³-hybridized carbons (Fsp3) is 0.476. The van der Waals surface area contributed by atoms with Crippen LogP contribution >= 0.6 is 105 Å². The van der Waals surface area contributed by atoms with E-state index in [-0.39, 0.29) is 9.81 Å². The van der Waals surface area contributed by atoms with Gasteiger partial charge in [-0.05, 0) is 24.3 Å². The van der Waals surface area contributed by atoms with Crippen LogP contribution in [0.4, 0.5) is 0 Å². The molecule has 0 radical (unpaired) electrons. The summed E-state index contributed by atoms with van der Waals surface area (Å²) in [6, 6.07) is 0. The zero-order chi connectivity index (χ0) is 24.7. The summed E-state index contributed by atoms with van der Waals surface area (Å²) >= 11 is 19.0. The Hall–Kier alpha value is 0.530. The minimum absolute atomic E-state index is 0.269. The first-order chi connectivity index (χ1) is 16.4. The molecule has 0 unspecified atom stereocenters. The second-order valence-electron chi connectivity index (χ2n) is 6.71. The molecule has 0 atom stereocenters. The molecule has 1 aromatic rings. The van der Waals surface area contributed by atoms with Crippen molar-refractivity contribution in [2.45, 2.75) is 39.5 Å². The van der Waals surface area contributed by atoms with E-state index in [9.17, 15) is 9.59 Å². The first-order valence-electron chi connectivity index (χ1n) is 10.4. The Balaban J connectivity index is 1.93. The monoisotopic (exact) mass is 628 g/mol. The van der Waals surface area contributed by atoms with Gasteiger partial charge in [0.05, 0.1) is 35.7 Å². The summed E-state index contributed by atoms with van der Waals surface area (Å²) in [7, 11) is 2.62. The number of thioether (sulfide) groups is 6. The number of rotatable bonds is 10. The van der Waals surface area contributed by atoms with Gasteiger partial charge in [-0.1, -0.05) is 86.0 Å². The summed E-state index contributed by atoms with van der Waals surface area (Å²) in [4.78, 5) is 25.0. The number of esters is 2. The fourth-order valence-corrected chi connectivity index (χ4v) is 14.8. The van der Waals surface area contributed by atoms with Crippen LogP contribution in [-0.4, -0.2) is 37.7 Å². The highest BCUT2D eigenvalue weighted by molar-refractivity contribution is 8.45. The SMILES string of the molecule is CCCCSC1=C(SCCCC)SC(=c2sc(=C3SC(C(=O)OC)=C(C(=O)OC)S3)sc2=S)S1. The molecule has 13 heteroatoms. The summed E-state index contributed by atoms with van der Waals surface area (Å²) < 4.78 is 17.6. The number of hydrogen-bond donors (Lipinski definition) is 0. The van der Waals surface area contributed by atoms with Gasteiger partial charge in [0.2, 0.25) is 0 Å². The predicted octanol–water partition coefficient (Wildman–Crippen LogP) is 7.38. The minimum atomic E-state index is -0.531. The number of ether oxygens (including phenoxy) is 2. The van der Waals surface area contributed by atoms with Crippen molar-refractivity contribution in [3.05, 3.63) is 30.5 Å². The molecule has 3 heterocycles. The zero-order valence-electron chi connectivity index (χ0n) is 19.0. The van der Waals surface area contributed by atoms with E-state index in [1.165, 1.54) is 87.5 Å². The topological polar surface area (TPSA) is 52.6 Å². The molecule has 0 bridgehead atoms. The van der Waals surface area contributed by atoms with E-state index in [1.54, 1.807) is 11.3 Å². The van der Waals surface area contributed by atoms with E-state index < -0.39 is 11.9 Å². The standard InChI is InChI=1S/C21H24O4S9/c1-5-7-9-27-18-19(28-10-8-6-2)34-17(33-18)13-16(26)32-21(31-13)20-29-11(14(22)24-3)12(30-20)15(23)25-4/h5-10H2,1-4H3. The van der Waals surface area contributed by atoms with E-state index >= 15 is 0 Å². The third-order valence-corrected chi connectivity index (χ3v) is 16.3. The molecule has 0 spiro atoms. The van der Waals surface area contributed by atoms with Crippen LogP contribution in [0.1, 0.15) is 39.5 Å². The Morgan fingerprint density at radius 2 is 1.29 bits per heavy atom. The Bertz CT molecular complexity index is 1120. The molecule has 2 aliphatic heterocycles. The molecular formula is C21H24O4S9. The number of carbonyl (C=O) groups is 2. The maximum Gasteiger partial charge on any atom is 0.346 e. The van der Waals surface area contributed by atoms with E-state index in [4.69, 9.17) is 21.7 Å². The molecule has 0 saturated heterocycles. The van der Waals surface area contributed by atoms with Gasteiger partial charge < -0.3 is 9.47 Å². The maximum absolute atomic E-state index is 12.2. The second-order valence-corrected chi connectivity index (χ2v) is 17.0. The van der Waals surface area contributed by atoms with Gasteiger partial charge in [-0.15, -0.1) is 46.2 Å². The number of carbonyl (C=O) groups excluding carboxylic acids is 2. The largest absolute Gasteiger partial charge is 0.465 e. The average molecular weight is 629 g/mol. The quantitative estimate of drug-likeness (QED) is 0.148. The molecule has 0 aliphatic carbocycles. The van der Waals surface area contributed by atoms with Crippen LogP contribution in [0, 0.1) is 3.82 Å². The highest BCUT2D eigenvalue weighted by Crippen LogP contribution is 2.58. The van der Waals surface area contributed by atoms with Crippen molar-refractivity contribution >= 4 is 126 Å². The average Bonchev–Trinajstić information content (AvgIpc) is 3.55. The van der Waals surface area contributed by atoms with Crippen LogP contribution in [0.2, 0.25) is 0 Å². The van der Waals surface area contributed by atoms with Gasteiger partial charge >= 0.3 is 11.9 Å². The van der Waals surface area contributed by atoms with Crippen molar-refractivity contribution in [1.82, 2.24) is 0 Å². The number of hydrogen-bond acceptors (Lipinski definition) is 13. The normalized spacial score (nSPS) is 16.1. The number of methoxy groups -OCH3 is 2. The lowest BCUT2D eigenvalue weighted by atomic mass is 10.4. The molecule has 186 valence electrons. The lowest BCUT2D eigenvalue weighted by molar-refractivity contribution is -0.138. The van der Waals surface area contributed by atoms with Crippen molar-refractivity contribution in [1.29, 1.82) is 0 Å². The summed E-state index contributed by atoms with van der Waals surface area (Å²) in [6.07, 6.45) is 4.82. The molecule has 0 aromatic carbocycles. The van der Waals surface area contributed by atoms with Crippen LogP contribution in [0.3, 0.4) is 0 Å². The molecule has 1 aromatic heterocycles. The molecule has 0 amide bonds.